The molecule has 1 amide bonds. The van der Waals surface area contributed by atoms with Gasteiger partial charge in [0.1, 0.15) is 0 Å². The Morgan fingerprint density at radius 2 is 2.00 bits per heavy atom. The second-order valence-corrected chi connectivity index (χ2v) is 3.66. The predicted octanol–water partition coefficient (Wildman–Crippen LogP) is 1.60. The quantitative estimate of drug-likeness (QED) is 0.786. The number of nitrogens with one attached hydrogen (secondary N) is 1. The SMILES string of the molecule is CC[C@@H](N)C(=O)N[C@H](C)c1ccccc1. The Bertz CT molecular complexity index is 311. The van der Waals surface area contributed by atoms with Crippen LogP contribution >= 0.6 is 0 Å². The maximum absolute atomic E-state index is 11.5. The van der Waals surface area contributed by atoms with Gasteiger partial charge in [-0.2, -0.15) is 0 Å². The number of rotatable bonds is 4. The van der Waals surface area contributed by atoms with Gasteiger partial charge in [0.25, 0.3) is 0 Å². The van der Waals surface area contributed by atoms with Gasteiger partial charge in [-0.3, -0.25) is 4.79 Å². The van der Waals surface area contributed by atoms with Crippen molar-refractivity contribution in [1.82, 2.24) is 5.32 Å². The third kappa shape index (κ3) is 3.36. The molecule has 1 aromatic carbocycles. The molecule has 0 heterocycles. The van der Waals surface area contributed by atoms with Crippen molar-refractivity contribution in [3.8, 4) is 0 Å². The summed E-state index contributed by atoms with van der Waals surface area (Å²) in [4.78, 5) is 11.5. The van der Waals surface area contributed by atoms with Crippen LogP contribution in [0.5, 0.6) is 0 Å². The van der Waals surface area contributed by atoms with Gasteiger partial charge in [0.05, 0.1) is 12.1 Å². The number of hydrogen-bond acceptors (Lipinski definition) is 2. The van der Waals surface area contributed by atoms with E-state index in [1.807, 2.05) is 44.2 Å². The summed E-state index contributed by atoms with van der Waals surface area (Å²) >= 11 is 0. The van der Waals surface area contributed by atoms with Crippen LogP contribution in [0.15, 0.2) is 30.3 Å². The van der Waals surface area contributed by atoms with E-state index < -0.39 is 6.04 Å². The van der Waals surface area contributed by atoms with Gasteiger partial charge in [-0.05, 0) is 18.9 Å². The van der Waals surface area contributed by atoms with Crippen molar-refractivity contribution in [2.75, 3.05) is 0 Å². The smallest absolute Gasteiger partial charge is 0.237 e. The minimum absolute atomic E-state index is 0.0105. The first-order chi connectivity index (χ1) is 7.15. The average Bonchev–Trinajstić information content (AvgIpc) is 2.29. The highest BCUT2D eigenvalue weighted by atomic mass is 16.2. The molecule has 3 heteroatoms. The first-order valence-electron chi connectivity index (χ1n) is 5.26. The minimum atomic E-state index is -0.406. The summed E-state index contributed by atoms with van der Waals surface area (Å²) in [5.41, 5.74) is 6.72. The van der Waals surface area contributed by atoms with E-state index >= 15 is 0 Å². The summed E-state index contributed by atoms with van der Waals surface area (Å²) in [6.45, 7) is 3.85. The van der Waals surface area contributed by atoms with Gasteiger partial charge < -0.3 is 11.1 Å². The molecule has 15 heavy (non-hydrogen) atoms. The molecule has 1 aromatic rings. The van der Waals surface area contributed by atoms with Gasteiger partial charge in [0, 0.05) is 0 Å². The van der Waals surface area contributed by atoms with Crippen LogP contribution in [0, 0.1) is 0 Å². The monoisotopic (exact) mass is 206 g/mol. The molecule has 0 radical (unpaired) electrons. The van der Waals surface area contributed by atoms with E-state index in [4.69, 9.17) is 5.73 Å². The van der Waals surface area contributed by atoms with Crippen LogP contribution in [-0.2, 0) is 4.79 Å². The van der Waals surface area contributed by atoms with Crippen LogP contribution in [0.2, 0.25) is 0 Å². The van der Waals surface area contributed by atoms with E-state index in [9.17, 15) is 4.79 Å². The van der Waals surface area contributed by atoms with Gasteiger partial charge in [0.2, 0.25) is 5.91 Å². The van der Waals surface area contributed by atoms with E-state index in [2.05, 4.69) is 5.32 Å². The Morgan fingerprint density at radius 1 is 1.40 bits per heavy atom. The molecule has 0 fully saturated rings. The molecule has 0 aliphatic carbocycles. The normalized spacial score (nSPS) is 14.3. The summed E-state index contributed by atoms with van der Waals surface area (Å²) in [5.74, 6) is -0.0890. The fourth-order valence-corrected chi connectivity index (χ4v) is 1.33. The van der Waals surface area contributed by atoms with Crippen LogP contribution in [0.25, 0.3) is 0 Å². The average molecular weight is 206 g/mol. The zero-order chi connectivity index (χ0) is 11.3. The second kappa shape index (κ2) is 5.51. The topological polar surface area (TPSA) is 55.1 Å². The van der Waals surface area contributed by atoms with Crippen molar-refractivity contribution < 1.29 is 4.79 Å². The number of amides is 1. The van der Waals surface area contributed by atoms with E-state index in [0.29, 0.717) is 6.42 Å². The van der Waals surface area contributed by atoms with E-state index in [0.717, 1.165) is 5.56 Å². The van der Waals surface area contributed by atoms with Gasteiger partial charge in [0.15, 0.2) is 0 Å². The lowest BCUT2D eigenvalue weighted by Crippen LogP contribution is -2.41. The van der Waals surface area contributed by atoms with E-state index in [1.165, 1.54) is 0 Å². The van der Waals surface area contributed by atoms with Crippen LogP contribution in [0.3, 0.4) is 0 Å². The van der Waals surface area contributed by atoms with Crippen molar-refractivity contribution in [2.24, 2.45) is 5.73 Å². The molecule has 0 saturated heterocycles. The van der Waals surface area contributed by atoms with Crippen molar-refractivity contribution in [3.05, 3.63) is 35.9 Å². The second-order valence-electron chi connectivity index (χ2n) is 3.66. The predicted molar refractivity (Wildman–Crippen MR) is 61.3 cm³/mol. The molecule has 3 N–H and O–H groups in total. The van der Waals surface area contributed by atoms with Crippen molar-refractivity contribution in [2.45, 2.75) is 32.4 Å². The Balaban J connectivity index is 2.56. The van der Waals surface area contributed by atoms with Crippen LogP contribution < -0.4 is 11.1 Å². The van der Waals surface area contributed by atoms with Crippen molar-refractivity contribution in [1.29, 1.82) is 0 Å². The van der Waals surface area contributed by atoms with Gasteiger partial charge in [-0.15, -0.1) is 0 Å². The van der Waals surface area contributed by atoms with Crippen LogP contribution in [0.4, 0.5) is 0 Å². The maximum Gasteiger partial charge on any atom is 0.237 e. The Hall–Kier alpha value is -1.35. The van der Waals surface area contributed by atoms with Crippen LogP contribution in [0.1, 0.15) is 31.9 Å². The van der Waals surface area contributed by atoms with E-state index in [-0.39, 0.29) is 11.9 Å². The third-order valence-electron chi connectivity index (χ3n) is 2.43. The number of carbonyl (C=O) groups is 1. The molecular formula is C12H18N2O. The van der Waals surface area contributed by atoms with Gasteiger partial charge >= 0.3 is 0 Å². The molecule has 0 aromatic heterocycles. The molecule has 0 aliphatic heterocycles. The Morgan fingerprint density at radius 3 is 2.53 bits per heavy atom. The Kier molecular flexibility index (Phi) is 4.31. The summed E-state index contributed by atoms with van der Waals surface area (Å²) in [5, 5.41) is 2.88. The highest BCUT2D eigenvalue weighted by Crippen LogP contribution is 2.11. The van der Waals surface area contributed by atoms with Gasteiger partial charge in [-0.1, -0.05) is 37.3 Å². The molecular weight excluding hydrogens is 188 g/mol. The summed E-state index contributed by atoms with van der Waals surface area (Å²) in [7, 11) is 0. The molecule has 0 spiro atoms. The third-order valence-corrected chi connectivity index (χ3v) is 2.43. The lowest BCUT2D eigenvalue weighted by atomic mass is 10.1. The largest absolute Gasteiger partial charge is 0.348 e. The van der Waals surface area contributed by atoms with Gasteiger partial charge in [-0.25, -0.2) is 0 Å². The molecule has 0 bridgehead atoms. The molecule has 0 unspecified atom stereocenters. The number of benzene rings is 1. The first-order valence-corrected chi connectivity index (χ1v) is 5.26. The number of hydrogen-bond donors (Lipinski definition) is 2. The molecule has 1 rings (SSSR count). The molecule has 0 aliphatic rings. The minimum Gasteiger partial charge on any atom is -0.348 e. The van der Waals surface area contributed by atoms with Crippen molar-refractivity contribution in [3.63, 3.8) is 0 Å². The fraction of sp³-hybridized carbons (Fsp3) is 0.417. The first kappa shape index (κ1) is 11.7. The molecule has 0 saturated carbocycles. The van der Waals surface area contributed by atoms with Crippen LogP contribution in [-0.4, -0.2) is 11.9 Å². The highest BCUT2D eigenvalue weighted by Gasteiger charge is 2.14. The zero-order valence-corrected chi connectivity index (χ0v) is 9.23. The zero-order valence-electron chi connectivity index (χ0n) is 9.23. The maximum atomic E-state index is 11.5. The van der Waals surface area contributed by atoms with Crippen molar-refractivity contribution >= 4 is 5.91 Å². The standard InChI is InChI=1S/C12H18N2O/c1-3-11(13)12(15)14-9(2)10-7-5-4-6-8-10/h4-9,11H,3,13H2,1-2H3,(H,14,15)/t9-,11-/m1/s1. The number of nitrogens with two attached hydrogens (primary N) is 1. The summed E-state index contributed by atoms with van der Waals surface area (Å²) < 4.78 is 0. The molecule has 2 atom stereocenters. The summed E-state index contributed by atoms with van der Waals surface area (Å²) in [6, 6.07) is 9.45. The Labute approximate surface area is 90.7 Å². The number of carbonyl (C=O) groups excluding carboxylic acids is 1. The lowest BCUT2D eigenvalue weighted by molar-refractivity contribution is -0.123. The molecule has 3 nitrogen and oxygen atoms in total. The summed E-state index contributed by atoms with van der Waals surface area (Å²) in [6.07, 6.45) is 0.660. The fourth-order valence-electron chi connectivity index (χ4n) is 1.33. The van der Waals surface area contributed by atoms with E-state index in [1.54, 1.807) is 0 Å². The molecule has 82 valence electrons. The highest BCUT2D eigenvalue weighted by molar-refractivity contribution is 5.81. The lowest BCUT2D eigenvalue weighted by Gasteiger charge is -2.16.